The number of fused-ring (bicyclic) bond motifs is 1. The predicted molar refractivity (Wildman–Crippen MR) is 145 cm³/mol. The van der Waals surface area contributed by atoms with Gasteiger partial charge in [0.25, 0.3) is 5.91 Å². The van der Waals surface area contributed by atoms with Gasteiger partial charge < -0.3 is 20.1 Å². The number of morpholine rings is 1. The fourth-order valence-electron chi connectivity index (χ4n) is 3.91. The average molecular weight is 564 g/mol. The summed E-state index contributed by atoms with van der Waals surface area (Å²) in [5.41, 5.74) is 1.06. The van der Waals surface area contributed by atoms with Gasteiger partial charge in [0.2, 0.25) is 10.0 Å². The van der Waals surface area contributed by atoms with E-state index in [1.165, 1.54) is 28.6 Å². The van der Waals surface area contributed by atoms with Crippen molar-refractivity contribution in [3.8, 4) is 0 Å². The van der Waals surface area contributed by atoms with Crippen molar-refractivity contribution in [2.45, 2.75) is 30.4 Å². The van der Waals surface area contributed by atoms with Gasteiger partial charge in [-0.3, -0.25) is 4.79 Å². The predicted octanol–water partition coefficient (Wildman–Crippen LogP) is 1.84. The number of nitrogens with one attached hydrogen (secondary N) is 2. The van der Waals surface area contributed by atoms with E-state index in [1.807, 2.05) is 13.8 Å². The standard InChI is InChI=1S/C24H33N7O5S2/c1-3-35-14-10-25-21-20-17-27-31(22(20)29-24(28-21)37-4-2)11-9-26-23(32)18-5-7-19(8-6-18)38(33,34)30-12-15-36-16-13-30/h5-8,17H,3-4,9-16H2,1-2H3,(H,26,32)(H,25,28,29). The fraction of sp³-hybridized carbons (Fsp3) is 0.500. The molecule has 0 radical (unpaired) electrons. The number of carbonyl (C=O) groups is 1. The van der Waals surface area contributed by atoms with Crippen LogP contribution in [0.25, 0.3) is 11.0 Å². The fourth-order valence-corrected chi connectivity index (χ4v) is 5.88. The summed E-state index contributed by atoms with van der Waals surface area (Å²) < 4.78 is 39.4. The molecule has 38 heavy (non-hydrogen) atoms. The third kappa shape index (κ3) is 6.80. The molecule has 1 amide bonds. The minimum atomic E-state index is -3.61. The zero-order chi connectivity index (χ0) is 27.0. The lowest BCUT2D eigenvalue weighted by molar-refractivity contribution is 0.0730. The van der Waals surface area contributed by atoms with Crippen LogP contribution in [-0.4, -0.2) is 96.7 Å². The Hall–Kier alpha value is -2.78. The lowest BCUT2D eigenvalue weighted by Gasteiger charge is -2.26. The highest BCUT2D eigenvalue weighted by Crippen LogP contribution is 2.24. The summed E-state index contributed by atoms with van der Waals surface area (Å²) in [5, 5.41) is 12.1. The molecule has 0 unspecified atom stereocenters. The van der Waals surface area contributed by atoms with Gasteiger partial charge in [0, 0.05) is 38.3 Å². The van der Waals surface area contributed by atoms with E-state index in [0.717, 1.165) is 11.1 Å². The monoisotopic (exact) mass is 563 g/mol. The molecule has 3 heterocycles. The Labute approximate surface area is 226 Å². The van der Waals surface area contributed by atoms with Crippen LogP contribution in [0.15, 0.2) is 40.5 Å². The summed E-state index contributed by atoms with van der Waals surface area (Å²) in [7, 11) is -3.61. The Morgan fingerprint density at radius 2 is 1.89 bits per heavy atom. The number of hydrogen-bond acceptors (Lipinski definition) is 10. The quantitative estimate of drug-likeness (QED) is 0.180. The van der Waals surface area contributed by atoms with Crippen molar-refractivity contribution >= 4 is 44.5 Å². The number of thioether (sulfide) groups is 1. The molecule has 0 atom stereocenters. The van der Waals surface area contributed by atoms with Crippen LogP contribution < -0.4 is 10.6 Å². The molecule has 12 nitrogen and oxygen atoms in total. The van der Waals surface area contributed by atoms with Crippen molar-refractivity contribution in [1.29, 1.82) is 0 Å². The van der Waals surface area contributed by atoms with Gasteiger partial charge in [-0.05, 0) is 36.9 Å². The molecule has 206 valence electrons. The smallest absolute Gasteiger partial charge is 0.251 e. The number of sulfonamides is 1. The first-order valence-electron chi connectivity index (χ1n) is 12.6. The van der Waals surface area contributed by atoms with Crippen molar-refractivity contribution in [3.63, 3.8) is 0 Å². The Balaban J connectivity index is 1.38. The van der Waals surface area contributed by atoms with E-state index in [2.05, 4.69) is 25.7 Å². The van der Waals surface area contributed by atoms with Crippen LogP contribution >= 0.6 is 11.8 Å². The van der Waals surface area contributed by atoms with Gasteiger partial charge in [-0.2, -0.15) is 9.40 Å². The normalized spacial score (nSPS) is 14.6. The maximum Gasteiger partial charge on any atom is 0.251 e. The largest absolute Gasteiger partial charge is 0.380 e. The van der Waals surface area contributed by atoms with E-state index >= 15 is 0 Å². The van der Waals surface area contributed by atoms with Gasteiger partial charge >= 0.3 is 0 Å². The van der Waals surface area contributed by atoms with Crippen molar-refractivity contribution in [2.75, 3.05) is 63.7 Å². The number of anilines is 1. The van der Waals surface area contributed by atoms with Gasteiger partial charge in [0.05, 0.1) is 42.8 Å². The molecular formula is C24H33N7O5S2. The van der Waals surface area contributed by atoms with Gasteiger partial charge in [0.15, 0.2) is 10.8 Å². The summed E-state index contributed by atoms with van der Waals surface area (Å²) in [6.45, 7) is 7.94. The van der Waals surface area contributed by atoms with E-state index in [4.69, 9.17) is 9.47 Å². The van der Waals surface area contributed by atoms with Gasteiger partial charge in [-0.15, -0.1) is 0 Å². The second-order valence-corrected chi connectivity index (χ2v) is 11.5. The number of ether oxygens (including phenoxy) is 2. The van der Waals surface area contributed by atoms with Crippen LogP contribution in [0.2, 0.25) is 0 Å². The van der Waals surface area contributed by atoms with E-state index in [0.29, 0.717) is 81.3 Å². The number of rotatable bonds is 13. The Morgan fingerprint density at radius 1 is 1.13 bits per heavy atom. The second kappa shape index (κ2) is 13.3. The molecule has 0 spiro atoms. The number of nitrogens with zero attached hydrogens (tertiary/aromatic N) is 5. The van der Waals surface area contributed by atoms with Crippen LogP contribution in [-0.2, 0) is 26.0 Å². The maximum absolute atomic E-state index is 12.8. The van der Waals surface area contributed by atoms with Crippen molar-refractivity contribution in [2.24, 2.45) is 0 Å². The molecular weight excluding hydrogens is 530 g/mol. The zero-order valence-corrected chi connectivity index (χ0v) is 23.2. The molecule has 1 aliphatic rings. The van der Waals surface area contributed by atoms with E-state index in [-0.39, 0.29) is 10.8 Å². The first-order chi connectivity index (χ1) is 18.4. The van der Waals surface area contributed by atoms with Crippen LogP contribution in [0.5, 0.6) is 0 Å². The summed E-state index contributed by atoms with van der Waals surface area (Å²) in [6.07, 6.45) is 1.72. The van der Waals surface area contributed by atoms with Gasteiger partial charge in [-0.1, -0.05) is 18.7 Å². The first kappa shape index (κ1) is 28.2. The topological polar surface area (TPSA) is 141 Å². The average Bonchev–Trinajstić information content (AvgIpc) is 3.34. The Bertz CT molecular complexity index is 1330. The highest BCUT2D eigenvalue weighted by Gasteiger charge is 2.26. The summed E-state index contributed by atoms with van der Waals surface area (Å²) in [4.78, 5) is 22.1. The van der Waals surface area contributed by atoms with E-state index in [1.54, 1.807) is 22.6 Å². The summed E-state index contributed by atoms with van der Waals surface area (Å²) in [5.74, 6) is 1.24. The third-order valence-electron chi connectivity index (χ3n) is 5.83. The minimum Gasteiger partial charge on any atom is -0.380 e. The van der Waals surface area contributed by atoms with Crippen molar-refractivity contribution < 1.29 is 22.7 Å². The molecule has 1 fully saturated rings. The van der Waals surface area contributed by atoms with Crippen LogP contribution in [0.4, 0.5) is 5.82 Å². The SMILES string of the molecule is CCOCCNc1nc(SCC)nc2c1cnn2CCNC(=O)c1ccc(S(=O)(=O)N2CCOCC2)cc1. The lowest BCUT2D eigenvalue weighted by Crippen LogP contribution is -2.40. The molecule has 14 heteroatoms. The molecule has 1 aliphatic heterocycles. The Morgan fingerprint density at radius 3 is 2.61 bits per heavy atom. The molecule has 1 aromatic carbocycles. The van der Waals surface area contributed by atoms with Crippen LogP contribution in [0, 0.1) is 0 Å². The first-order valence-corrected chi connectivity index (χ1v) is 15.0. The molecule has 2 aromatic heterocycles. The summed E-state index contributed by atoms with van der Waals surface area (Å²) in [6, 6.07) is 5.97. The number of benzene rings is 1. The van der Waals surface area contributed by atoms with Gasteiger partial charge in [-0.25, -0.2) is 23.1 Å². The number of aromatic nitrogens is 4. The lowest BCUT2D eigenvalue weighted by atomic mass is 10.2. The molecule has 1 saturated heterocycles. The molecule has 0 saturated carbocycles. The number of carbonyl (C=O) groups excluding carboxylic acids is 1. The zero-order valence-electron chi connectivity index (χ0n) is 21.6. The number of amides is 1. The molecule has 4 rings (SSSR count). The van der Waals surface area contributed by atoms with E-state index in [9.17, 15) is 13.2 Å². The van der Waals surface area contributed by atoms with Gasteiger partial charge in [0.1, 0.15) is 5.82 Å². The van der Waals surface area contributed by atoms with Crippen molar-refractivity contribution in [3.05, 3.63) is 36.0 Å². The minimum absolute atomic E-state index is 0.157. The highest BCUT2D eigenvalue weighted by atomic mass is 32.2. The van der Waals surface area contributed by atoms with Crippen LogP contribution in [0.1, 0.15) is 24.2 Å². The highest BCUT2D eigenvalue weighted by molar-refractivity contribution is 7.99. The molecule has 0 bridgehead atoms. The third-order valence-corrected chi connectivity index (χ3v) is 8.47. The maximum atomic E-state index is 12.8. The molecule has 2 N–H and O–H groups in total. The Kier molecular flexibility index (Phi) is 9.91. The summed E-state index contributed by atoms with van der Waals surface area (Å²) >= 11 is 1.54. The number of hydrogen-bond donors (Lipinski definition) is 2. The second-order valence-electron chi connectivity index (χ2n) is 8.31. The van der Waals surface area contributed by atoms with E-state index < -0.39 is 10.0 Å². The molecule has 0 aliphatic carbocycles. The van der Waals surface area contributed by atoms with Crippen LogP contribution in [0.3, 0.4) is 0 Å². The molecule has 3 aromatic rings. The van der Waals surface area contributed by atoms with Crippen molar-refractivity contribution in [1.82, 2.24) is 29.4 Å².